The Morgan fingerprint density at radius 2 is 1.97 bits per heavy atom. The molecule has 4 heterocycles. The largest absolute Gasteiger partial charge is 0.361 e. The van der Waals surface area contributed by atoms with E-state index in [0.29, 0.717) is 37.8 Å². The number of amides is 1. The van der Waals surface area contributed by atoms with Gasteiger partial charge >= 0.3 is 0 Å². The zero-order chi connectivity index (χ0) is 21.2. The molecule has 9 nitrogen and oxygen atoms in total. The summed E-state index contributed by atoms with van der Waals surface area (Å²) in [5.74, 6) is 1.00. The minimum atomic E-state index is -0.137. The molecular formula is C22H23N7O2. The molecule has 0 spiro atoms. The molecule has 1 N–H and O–H groups in total. The number of aromatic nitrogens is 6. The van der Waals surface area contributed by atoms with E-state index in [1.165, 1.54) is 21.8 Å². The third-order valence-electron chi connectivity index (χ3n) is 5.92. The second-order valence-corrected chi connectivity index (χ2v) is 7.91. The van der Waals surface area contributed by atoms with Crippen molar-refractivity contribution in [2.75, 3.05) is 13.1 Å². The molecule has 4 aromatic rings. The highest BCUT2D eigenvalue weighted by Crippen LogP contribution is 2.22. The number of benzene rings is 1. The standard InChI is InChI=1S/C22H23N7O2/c30-21-6-5-20(29-15-23-14-25-29)26-28(21)13-16-7-9-27(10-8-16)22(31)11-17-12-24-19-4-2-1-3-18(17)19/h1-6,12,14-16,24H,7-11,13H2. The molecule has 0 unspecified atom stereocenters. The molecule has 1 fully saturated rings. The number of H-pyrrole nitrogens is 1. The van der Waals surface area contributed by atoms with Crippen molar-refractivity contribution in [3.8, 4) is 5.82 Å². The molecule has 0 atom stereocenters. The molecule has 1 amide bonds. The Kier molecular flexibility index (Phi) is 5.07. The zero-order valence-electron chi connectivity index (χ0n) is 17.0. The van der Waals surface area contributed by atoms with Gasteiger partial charge in [0.05, 0.1) is 6.42 Å². The van der Waals surface area contributed by atoms with Crippen LogP contribution in [0.4, 0.5) is 0 Å². The lowest BCUT2D eigenvalue weighted by Crippen LogP contribution is -2.41. The number of carbonyl (C=O) groups excluding carboxylic acids is 1. The predicted molar refractivity (Wildman–Crippen MR) is 115 cm³/mol. The molecule has 1 aliphatic heterocycles. The molecule has 0 saturated carbocycles. The second kappa shape index (κ2) is 8.17. The fourth-order valence-electron chi connectivity index (χ4n) is 4.18. The number of nitrogens with one attached hydrogen (secondary N) is 1. The first-order chi connectivity index (χ1) is 15.2. The number of rotatable bonds is 5. The van der Waals surface area contributed by atoms with Crippen molar-refractivity contribution < 1.29 is 4.79 Å². The molecule has 1 saturated heterocycles. The van der Waals surface area contributed by atoms with Crippen LogP contribution >= 0.6 is 0 Å². The third-order valence-corrected chi connectivity index (χ3v) is 5.92. The van der Waals surface area contributed by atoms with Gasteiger partial charge in [-0.3, -0.25) is 9.59 Å². The number of hydrogen-bond acceptors (Lipinski definition) is 5. The molecule has 31 heavy (non-hydrogen) atoms. The number of fused-ring (bicyclic) bond motifs is 1. The van der Waals surface area contributed by atoms with Gasteiger partial charge in [0.1, 0.15) is 12.7 Å². The van der Waals surface area contributed by atoms with Gasteiger partial charge in [-0.05, 0) is 36.5 Å². The summed E-state index contributed by atoms with van der Waals surface area (Å²) >= 11 is 0. The number of piperidine rings is 1. The van der Waals surface area contributed by atoms with Crippen LogP contribution in [0.3, 0.4) is 0 Å². The summed E-state index contributed by atoms with van der Waals surface area (Å²) in [4.78, 5) is 34.2. The summed E-state index contributed by atoms with van der Waals surface area (Å²) in [6, 6.07) is 11.2. The highest BCUT2D eigenvalue weighted by molar-refractivity contribution is 5.88. The Balaban J connectivity index is 1.20. The molecule has 0 radical (unpaired) electrons. The smallest absolute Gasteiger partial charge is 0.266 e. The first-order valence-corrected chi connectivity index (χ1v) is 10.4. The minimum Gasteiger partial charge on any atom is -0.361 e. The number of carbonyl (C=O) groups is 1. The van der Waals surface area contributed by atoms with E-state index in [4.69, 9.17) is 0 Å². The first-order valence-electron chi connectivity index (χ1n) is 10.4. The van der Waals surface area contributed by atoms with Crippen LogP contribution in [0.2, 0.25) is 0 Å². The van der Waals surface area contributed by atoms with Crippen molar-refractivity contribution in [2.24, 2.45) is 5.92 Å². The van der Waals surface area contributed by atoms with Crippen LogP contribution in [0.5, 0.6) is 0 Å². The zero-order valence-corrected chi connectivity index (χ0v) is 17.0. The summed E-state index contributed by atoms with van der Waals surface area (Å²) in [5, 5.41) is 9.59. The van der Waals surface area contributed by atoms with Crippen molar-refractivity contribution in [2.45, 2.75) is 25.8 Å². The molecular weight excluding hydrogens is 394 g/mol. The fraction of sp³-hybridized carbons (Fsp3) is 0.318. The van der Waals surface area contributed by atoms with Crippen molar-refractivity contribution in [1.29, 1.82) is 0 Å². The summed E-state index contributed by atoms with van der Waals surface area (Å²) in [6.45, 7) is 1.93. The van der Waals surface area contributed by atoms with Gasteiger partial charge in [0, 0.05) is 42.8 Å². The van der Waals surface area contributed by atoms with Crippen LogP contribution in [0, 0.1) is 5.92 Å². The Morgan fingerprint density at radius 3 is 2.77 bits per heavy atom. The Bertz CT molecular complexity index is 1250. The monoisotopic (exact) mass is 417 g/mol. The molecule has 1 aliphatic rings. The van der Waals surface area contributed by atoms with E-state index >= 15 is 0 Å². The summed E-state index contributed by atoms with van der Waals surface area (Å²) in [5.41, 5.74) is 1.94. The van der Waals surface area contributed by atoms with Gasteiger partial charge in [0.25, 0.3) is 5.56 Å². The van der Waals surface area contributed by atoms with Gasteiger partial charge < -0.3 is 9.88 Å². The van der Waals surface area contributed by atoms with Gasteiger partial charge in [-0.2, -0.15) is 5.10 Å². The molecule has 5 rings (SSSR count). The molecule has 3 aromatic heterocycles. The molecule has 0 bridgehead atoms. The van der Waals surface area contributed by atoms with Crippen LogP contribution in [-0.4, -0.2) is 53.4 Å². The summed E-state index contributed by atoms with van der Waals surface area (Å²) in [6.07, 6.45) is 7.00. The van der Waals surface area contributed by atoms with Gasteiger partial charge in [0.2, 0.25) is 5.91 Å². The third kappa shape index (κ3) is 3.98. The Morgan fingerprint density at radius 1 is 1.13 bits per heavy atom. The van der Waals surface area contributed by atoms with E-state index in [2.05, 4.69) is 20.2 Å². The average Bonchev–Trinajstić information content (AvgIpc) is 3.47. The maximum atomic E-state index is 12.8. The molecule has 158 valence electrons. The molecule has 1 aromatic carbocycles. The lowest BCUT2D eigenvalue weighted by Gasteiger charge is -2.32. The summed E-state index contributed by atoms with van der Waals surface area (Å²) in [7, 11) is 0. The van der Waals surface area contributed by atoms with Crippen molar-refractivity contribution in [3.63, 3.8) is 0 Å². The van der Waals surface area contributed by atoms with Crippen LogP contribution in [0.25, 0.3) is 16.7 Å². The van der Waals surface area contributed by atoms with Gasteiger partial charge in [0.15, 0.2) is 5.82 Å². The van der Waals surface area contributed by atoms with E-state index in [9.17, 15) is 9.59 Å². The normalized spacial score (nSPS) is 14.9. The Hall–Kier alpha value is -3.75. The number of likely N-dealkylation sites (tertiary alicyclic amines) is 1. The SMILES string of the molecule is O=C(Cc1c[nH]c2ccccc12)N1CCC(Cn2nc(-n3cncn3)ccc2=O)CC1. The highest BCUT2D eigenvalue weighted by atomic mass is 16.2. The topological polar surface area (TPSA) is 102 Å². The van der Waals surface area contributed by atoms with E-state index < -0.39 is 0 Å². The fourth-order valence-corrected chi connectivity index (χ4v) is 4.18. The van der Waals surface area contributed by atoms with Gasteiger partial charge in [-0.25, -0.2) is 14.3 Å². The molecule has 9 heteroatoms. The minimum absolute atomic E-state index is 0.137. The highest BCUT2D eigenvalue weighted by Gasteiger charge is 2.24. The van der Waals surface area contributed by atoms with Crippen LogP contribution < -0.4 is 5.56 Å². The van der Waals surface area contributed by atoms with Gasteiger partial charge in [-0.1, -0.05) is 18.2 Å². The van der Waals surface area contributed by atoms with Gasteiger partial charge in [-0.15, -0.1) is 5.10 Å². The van der Waals surface area contributed by atoms with E-state index in [1.807, 2.05) is 35.4 Å². The van der Waals surface area contributed by atoms with Crippen LogP contribution in [-0.2, 0) is 17.8 Å². The van der Waals surface area contributed by atoms with Crippen molar-refractivity contribution >= 4 is 16.8 Å². The first kappa shape index (κ1) is 19.2. The number of aromatic amines is 1. The predicted octanol–water partition coefficient (Wildman–Crippen LogP) is 1.79. The maximum Gasteiger partial charge on any atom is 0.266 e. The maximum absolute atomic E-state index is 12.8. The second-order valence-electron chi connectivity index (χ2n) is 7.91. The lowest BCUT2D eigenvalue weighted by molar-refractivity contribution is -0.131. The van der Waals surface area contributed by atoms with Crippen molar-refractivity contribution in [3.05, 3.63) is 71.2 Å². The summed E-state index contributed by atoms with van der Waals surface area (Å²) < 4.78 is 3.02. The number of para-hydroxylation sites is 1. The van der Waals surface area contributed by atoms with E-state index in [0.717, 1.165) is 29.3 Å². The number of nitrogens with zero attached hydrogens (tertiary/aromatic N) is 6. The number of hydrogen-bond donors (Lipinski definition) is 1. The molecule has 0 aliphatic carbocycles. The van der Waals surface area contributed by atoms with E-state index in [1.54, 1.807) is 12.4 Å². The van der Waals surface area contributed by atoms with E-state index in [-0.39, 0.29) is 11.5 Å². The lowest BCUT2D eigenvalue weighted by atomic mass is 9.96. The average molecular weight is 417 g/mol. The Labute approximate surface area is 178 Å². The quantitative estimate of drug-likeness (QED) is 0.533. The van der Waals surface area contributed by atoms with Crippen LogP contribution in [0.15, 0.2) is 60.0 Å². The van der Waals surface area contributed by atoms with Crippen LogP contribution in [0.1, 0.15) is 18.4 Å². The van der Waals surface area contributed by atoms with Crippen molar-refractivity contribution in [1.82, 2.24) is 34.4 Å².